The highest BCUT2D eigenvalue weighted by Gasteiger charge is 2.41. The summed E-state index contributed by atoms with van der Waals surface area (Å²) in [6, 6.07) is 0. The number of aliphatic carboxylic acids is 1. The Hall–Kier alpha value is -0.580. The lowest BCUT2D eigenvalue weighted by Gasteiger charge is -2.19. The van der Waals surface area contributed by atoms with Gasteiger partial charge in [-0.1, -0.05) is 32.6 Å². The van der Waals surface area contributed by atoms with Crippen LogP contribution in [0.4, 0.5) is 0 Å². The van der Waals surface area contributed by atoms with Gasteiger partial charge in [-0.2, -0.15) is 0 Å². The van der Waals surface area contributed by atoms with E-state index in [0.29, 0.717) is 6.42 Å². The van der Waals surface area contributed by atoms with Crippen LogP contribution in [0, 0.1) is 0 Å². The predicted octanol–water partition coefficient (Wildman–Crippen LogP) is 2.23. The molecule has 16 heavy (non-hydrogen) atoms. The molecule has 0 bridgehead atoms. The van der Waals surface area contributed by atoms with Crippen LogP contribution in [0.1, 0.15) is 52.9 Å². The third-order valence-corrected chi connectivity index (χ3v) is 5.36. The summed E-state index contributed by atoms with van der Waals surface area (Å²) in [5.41, 5.74) is 0. The van der Waals surface area contributed by atoms with Crippen LogP contribution in [0.5, 0.6) is 0 Å². The average Bonchev–Trinajstić information content (AvgIpc) is 2.16. The SMILES string of the molecule is CCCCCCCS(=O)(=O)C(C)(C)C(=O)O. The summed E-state index contributed by atoms with van der Waals surface area (Å²) >= 11 is 0. The molecule has 0 spiro atoms. The number of sulfone groups is 1. The van der Waals surface area contributed by atoms with Crippen molar-refractivity contribution in [3.63, 3.8) is 0 Å². The Morgan fingerprint density at radius 1 is 1.12 bits per heavy atom. The van der Waals surface area contributed by atoms with Crippen molar-refractivity contribution in [3.05, 3.63) is 0 Å². The zero-order valence-electron chi connectivity index (χ0n) is 10.3. The normalized spacial score (nSPS) is 12.7. The number of carboxylic acid groups (broad SMARTS) is 1. The highest BCUT2D eigenvalue weighted by Crippen LogP contribution is 2.19. The fourth-order valence-electron chi connectivity index (χ4n) is 1.28. The quantitative estimate of drug-likeness (QED) is 0.671. The van der Waals surface area contributed by atoms with E-state index in [-0.39, 0.29) is 5.75 Å². The van der Waals surface area contributed by atoms with Gasteiger partial charge in [0.15, 0.2) is 14.6 Å². The molecule has 0 heterocycles. The lowest BCUT2D eigenvalue weighted by Crippen LogP contribution is -2.41. The topological polar surface area (TPSA) is 71.4 Å². The molecule has 0 atom stereocenters. The summed E-state index contributed by atoms with van der Waals surface area (Å²) in [6.07, 6.45) is 4.62. The van der Waals surface area contributed by atoms with Crippen molar-refractivity contribution in [2.24, 2.45) is 0 Å². The predicted molar refractivity (Wildman–Crippen MR) is 64.3 cm³/mol. The number of rotatable bonds is 8. The Bertz CT molecular complexity index is 317. The van der Waals surface area contributed by atoms with E-state index in [4.69, 9.17) is 5.11 Å². The van der Waals surface area contributed by atoms with E-state index in [9.17, 15) is 13.2 Å². The summed E-state index contributed by atoms with van der Waals surface area (Å²) in [6.45, 7) is 4.58. The maximum atomic E-state index is 11.7. The van der Waals surface area contributed by atoms with Crippen molar-refractivity contribution in [3.8, 4) is 0 Å². The number of unbranched alkanes of at least 4 members (excludes halogenated alkanes) is 4. The third-order valence-electron chi connectivity index (χ3n) is 2.81. The molecule has 0 aromatic carbocycles. The van der Waals surface area contributed by atoms with Gasteiger partial charge < -0.3 is 5.11 Å². The molecular formula is C11H22O4S. The number of carbonyl (C=O) groups is 1. The van der Waals surface area contributed by atoms with Crippen LogP contribution in [-0.2, 0) is 14.6 Å². The van der Waals surface area contributed by atoms with Gasteiger partial charge in [-0.15, -0.1) is 0 Å². The number of carboxylic acids is 1. The molecule has 0 aliphatic rings. The molecule has 1 N–H and O–H groups in total. The standard InChI is InChI=1S/C11H22O4S/c1-4-5-6-7-8-9-16(14,15)11(2,3)10(12)13/h4-9H2,1-3H3,(H,12,13). The van der Waals surface area contributed by atoms with Crippen LogP contribution >= 0.6 is 0 Å². The largest absolute Gasteiger partial charge is 0.480 e. The Labute approximate surface area is 98.0 Å². The molecule has 0 saturated carbocycles. The van der Waals surface area contributed by atoms with Crippen LogP contribution in [-0.4, -0.2) is 30.0 Å². The number of hydrogen-bond acceptors (Lipinski definition) is 3. The summed E-state index contributed by atoms with van der Waals surface area (Å²) in [5, 5.41) is 8.84. The Kier molecular flexibility index (Phi) is 6.00. The Balaban J connectivity index is 4.21. The van der Waals surface area contributed by atoms with Gasteiger partial charge in [-0.25, -0.2) is 8.42 Å². The molecule has 0 amide bonds. The van der Waals surface area contributed by atoms with Crippen molar-refractivity contribution in [2.45, 2.75) is 57.6 Å². The molecular weight excluding hydrogens is 228 g/mol. The van der Waals surface area contributed by atoms with Crippen molar-refractivity contribution in [2.75, 3.05) is 5.75 Å². The van der Waals surface area contributed by atoms with Crippen LogP contribution in [0.3, 0.4) is 0 Å². The first-order chi connectivity index (χ1) is 7.25. The van der Waals surface area contributed by atoms with Crippen molar-refractivity contribution in [1.82, 2.24) is 0 Å². The molecule has 0 fully saturated rings. The highest BCUT2D eigenvalue weighted by atomic mass is 32.2. The smallest absolute Gasteiger partial charge is 0.324 e. The molecule has 0 aromatic heterocycles. The fourth-order valence-corrected chi connectivity index (χ4v) is 2.64. The minimum atomic E-state index is -3.55. The zero-order chi connectivity index (χ0) is 12.8. The second-order valence-corrected chi connectivity index (χ2v) is 7.21. The van der Waals surface area contributed by atoms with Gasteiger partial charge in [0.05, 0.1) is 5.75 Å². The zero-order valence-corrected chi connectivity index (χ0v) is 11.1. The van der Waals surface area contributed by atoms with Crippen LogP contribution < -0.4 is 0 Å². The lowest BCUT2D eigenvalue weighted by molar-refractivity contribution is -0.139. The molecule has 0 rings (SSSR count). The lowest BCUT2D eigenvalue weighted by atomic mass is 10.2. The van der Waals surface area contributed by atoms with Crippen molar-refractivity contribution < 1.29 is 18.3 Å². The minimum Gasteiger partial charge on any atom is -0.480 e. The van der Waals surface area contributed by atoms with Crippen LogP contribution in [0.2, 0.25) is 0 Å². The van der Waals surface area contributed by atoms with Crippen molar-refractivity contribution >= 4 is 15.8 Å². The molecule has 0 aliphatic heterocycles. The van der Waals surface area contributed by atoms with Gasteiger partial charge in [0.1, 0.15) is 0 Å². The van der Waals surface area contributed by atoms with Gasteiger partial charge in [0.2, 0.25) is 0 Å². The first-order valence-electron chi connectivity index (χ1n) is 5.71. The molecule has 0 aromatic rings. The molecule has 0 saturated heterocycles. The molecule has 5 heteroatoms. The van der Waals surface area contributed by atoms with E-state index < -0.39 is 20.6 Å². The van der Waals surface area contributed by atoms with E-state index in [1.165, 1.54) is 13.8 Å². The average molecular weight is 250 g/mol. The van der Waals surface area contributed by atoms with E-state index in [1.807, 2.05) is 0 Å². The molecule has 0 unspecified atom stereocenters. The minimum absolute atomic E-state index is 0.0317. The highest BCUT2D eigenvalue weighted by molar-refractivity contribution is 7.93. The monoisotopic (exact) mass is 250 g/mol. The van der Waals surface area contributed by atoms with E-state index in [1.54, 1.807) is 0 Å². The summed E-state index contributed by atoms with van der Waals surface area (Å²) < 4.78 is 21.8. The van der Waals surface area contributed by atoms with Crippen molar-refractivity contribution in [1.29, 1.82) is 0 Å². The van der Waals surface area contributed by atoms with Gasteiger partial charge in [-0.05, 0) is 20.3 Å². The maximum absolute atomic E-state index is 11.7. The summed E-state index contributed by atoms with van der Waals surface area (Å²) in [4.78, 5) is 10.8. The van der Waals surface area contributed by atoms with E-state index in [0.717, 1.165) is 25.7 Å². The molecule has 0 radical (unpaired) electrons. The first kappa shape index (κ1) is 15.4. The summed E-state index contributed by atoms with van der Waals surface area (Å²) in [5.74, 6) is -1.31. The van der Waals surface area contributed by atoms with Gasteiger partial charge in [-0.3, -0.25) is 4.79 Å². The second kappa shape index (κ2) is 6.23. The van der Waals surface area contributed by atoms with Gasteiger partial charge >= 0.3 is 5.97 Å². The van der Waals surface area contributed by atoms with Gasteiger partial charge in [0, 0.05) is 0 Å². The molecule has 96 valence electrons. The molecule has 0 aliphatic carbocycles. The van der Waals surface area contributed by atoms with Crippen LogP contribution in [0.25, 0.3) is 0 Å². The number of hydrogen-bond donors (Lipinski definition) is 1. The van der Waals surface area contributed by atoms with Crippen LogP contribution in [0.15, 0.2) is 0 Å². The maximum Gasteiger partial charge on any atom is 0.324 e. The van der Waals surface area contributed by atoms with E-state index >= 15 is 0 Å². The Morgan fingerprint density at radius 2 is 1.62 bits per heavy atom. The first-order valence-corrected chi connectivity index (χ1v) is 7.36. The van der Waals surface area contributed by atoms with E-state index in [2.05, 4.69) is 6.92 Å². The third kappa shape index (κ3) is 4.12. The second-order valence-electron chi connectivity index (χ2n) is 4.55. The summed E-state index contributed by atoms with van der Waals surface area (Å²) in [7, 11) is -3.55. The molecule has 4 nitrogen and oxygen atoms in total. The van der Waals surface area contributed by atoms with Gasteiger partial charge in [0.25, 0.3) is 0 Å². The Morgan fingerprint density at radius 3 is 2.06 bits per heavy atom. The fraction of sp³-hybridized carbons (Fsp3) is 0.909.